The van der Waals surface area contributed by atoms with E-state index < -0.39 is 0 Å². The van der Waals surface area contributed by atoms with Crippen molar-refractivity contribution in [1.82, 2.24) is 0 Å². The molecule has 0 aromatic heterocycles. The molecule has 1 aromatic carbocycles. The Bertz CT molecular complexity index is 288. The molecule has 0 fully saturated rings. The van der Waals surface area contributed by atoms with Crippen molar-refractivity contribution in [2.45, 2.75) is 5.33 Å². The summed E-state index contributed by atoms with van der Waals surface area (Å²) in [6.45, 7) is 0. The number of carbonyl (C=O) groups excluding carboxylic acids is 1. The van der Waals surface area contributed by atoms with Crippen LogP contribution in [0.2, 0.25) is 0 Å². The zero-order valence-electron chi connectivity index (χ0n) is 6.38. The number of carbonyl (C=O) groups is 1. The maximum atomic E-state index is 10.6. The number of aldehydes is 1. The first-order valence-corrected chi connectivity index (χ1v) is 4.55. The molecule has 1 rings (SSSR count). The summed E-state index contributed by atoms with van der Waals surface area (Å²) in [7, 11) is 0. The zero-order valence-corrected chi connectivity index (χ0v) is 7.97. The molecule has 0 aliphatic heterocycles. The average Bonchev–Trinajstić information content (AvgIpc) is 2.16. The predicted molar refractivity (Wildman–Crippen MR) is 52.3 cm³/mol. The lowest BCUT2D eigenvalue weighted by Crippen LogP contribution is -2.09. The molecule has 0 amide bonds. The second-order valence-electron chi connectivity index (χ2n) is 2.27. The normalized spacial score (nSPS) is 9.50. The quantitative estimate of drug-likeness (QED) is 0.359. The Morgan fingerprint density at radius 2 is 2.33 bits per heavy atom. The van der Waals surface area contributed by atoms with Gasteiger partial charge in [0.15, 0.2) is 0 Å². The van der Waals surface area contributed by atoms with Gasteiger partial charge in [0.05, 0.1) is 5.69 Å². The Labute approximate surface area is 79.1 Å². The molecular weight excluding hydrogens is 220 g/mol. The van der Waals surface area contributed by atoms with Crippen LogP contribution in [0.4, 0.5) is 5.69 Å². The Morgan fingerprint density at radius 3 is 2.83 bits per heavy atom. The van der Waals surface area contributed by atoms with Crippen molar-refractivity contribution < 1.29 is 4.79 Å². The summed E-state index contributed by atoms with van der Waals surface area (Å²) >= 11 is 3.29. The van der Waals surface area contributed by atoms with Crippen LogP contribution in [0.15, 0.2) is 18.2 Å². The number of alkyl halides is 1. The van der Waals surface area contributed by atoms with Gasteiger partial charge in [-0.25, -0.2) is 0 Å². The average molecular weight is 229 g/mol. The number of benzene rings is 1. The van der Waals surface area contributed by atoms with Crippen LogP contribution in [-0.2, 0) is 5.33 Å². The Morgan fingerprint density at radius 1 is 1.58 bits per heavy atom. The topological polar surface area (TPSA) is 55.1 Å². The van der Waals surface area contributed by atoms with Crippen molar-refractivity contribution in [3.63, 3.8) is 0 Å². The number of hydrogen-bond donors (Lipinski definition) is 2. The van der Waals surface area contributed by atoms with Gasteiger partial charge >= 0.3 is 0 Å². The van der Waals surface area contributed by atoms with E-state index in [1.165, 1.54) is 0 Å². The summed E-state index contributed by atoms with van der Waals surface area (Å²) < 4.78 is 0. The molecule has 0 heterocycles. The molecule has 0 atom stereocenters. The molecule has 4 heteroatoms. The van der Waals surface area contributed by atoms with Crippen LogP contribution in [0.25, 0.3) is 0 Å². The molecule has 0 aliphatic rings. The van der Waals surface area contributed by atoms with Gasteiger partial charge < -0.3 is 5.43 Å². The first-order chi connectivity index (χ1) is 5.83. The number of nitrogen functional groups attached to an aromatic ring is 1. The van der Waals surface area contributed by atoms with Crippen molar-refractivity contribution in [2.24, 2.45) is 5.84 Å². The Hall–Kier alpha value is -0.870. The fourth-order valence-electron chi connectivity index (χ4n) is 0.999. The Balaban J connectivity index is 3.21. The van der Waals surface area contributed by atoms with Crippen LogP contribution >= 0.6 is 15.9 Å². The minimum absolute atomic E-state index is 0.613. The van der Waals surface area contributed by atoms with Gasteiger partial charge in [0.25, 0.3) is 0 Å². The minimum atomic E-state index is 0.613. The fraction of sp³-hybridized carbons (Fsp3) is 0.125. The third kappa shape index (κ3) is 1.65. The van der Waals surface area contributed by atoms with Crippen LogP contribution < -0.4 is 11.3 Å². The summed E-state index contributed by atoms with van der Waals surface area (Å²) in [5.41, 5.74) is 4.85. The van der Waals surface area contributed by atoms with E-state index in [1.807, 2.05) is 6.07 Å². The van der Waals surface area contributed by atoms with Crippen molar-refractivity contribution >= 4 is 27.9 Å². The lowest BCUT2D eigenvalue weighted by atomic mass is 10.1. The maximum Gasteiger partial charge on any atom is 0.150 e. The lowest BCUT2D eigenvalue weighted by molar-refractivity contribution is 0.112. The molecule has 0 spiro atoms. The van der Waals surface area contributed by atoms with Crippen LogP contribution in [-0.4, -0.2) is 6.29 Å². The van der Waals surface area contributed by atoms with Crippen LogP contribution in [0.3, 0.4) is 0 Å². The van der Waals surface area contributed by atoms with Crippen molar-refractivity contribution in [2.75, 3.05) is 5.43 Å². The molecule has 0 saturated carbocycles. The summed E-state index contributed by atoms with van der Waals surface area (Å²) in [4.78, 5) is 10.6. The van der Waals surface area contributed by atoms with E-state index in [0.717, 1.165) is 17.5 Å². The molecule has 1 aromatic rings. The van der Waals surface area contributed by atoms with E-state index in [4.69, 9.17) is 5.84 Å². The van der Waals surface area contributed by atoms with Crippen LogP contribution in [0, 0.1) is 0 Å². The van der Waals surface area contributed by atoms with Gasteiger partial charge in [0, 0.05) is 10.9 Å². The maximum absolute atomic E-state index is 10.6. The molecule has 0 saturated heterocycles. The second kappa shape index (κ2) is 4.23. The monoisotopic (exact) mass is 228 g/mol. The molecular formula is C8H9BrN2O. The van der Waals surface area contributed by atoms with E-state index in [1.54, 1.807) is 12.1 Å². The van der Waals surface area contributed by atoms with Crippen LogP contribution in [0.5, 0.6) is 0 Å². The summed E-state index contributed by atoms with van der Waals surface area (Å²) in [5.74, 6) is 5.26. The summed E-state index contributed by atoms with van der Waals surface area (Å²) in [5, 5.41) is 0.613. The van der Waals surface area contributed by atoms with Gasteiger partial charge in [-0.15, -0.1) is 0 Å². The van der Waals surface area contributed by atoms with Crippen LogP contribution in [0.1, 0.15) is 15.9 Å². The highest BCUT2D eigenvalue weighted by molar-refractivity contribution is 9.08. The third-order valence-electron chi connectivity index (χ3n) is 1.63. The standard InChI is InChI=1S/C8H9BrN2O/c9-4-7-6(5-12)2-1-3-8(7)11-10/h1-3,5,11H,4,10H2. The number of hydrazine groups is 1. The van der Waals surface area contributed by atoms with Gasteiger partial charge in [-0.2, -0.15) is 0 Å². The number of anilines is 1. The molecule has 0 radical (unpaired) electrons. The zero-order chi connectivity index (χ0) is 8.97. The number of nitrogens with two attached hydrogens (primary N) is 1. The van der Waals surface area contributed by atoms with Crippen molar-refractivity contribution in [3.05, 3.63) is 29.3 Å². The van der Waals surface area contributed by atoms with E-state index in [2.05, 4.69) is 21.4 Å². The lowest BCUT2D eigenvalue weighted by Gasteiger charge is -2.07. The number of halogens is 1. The predicted octanol–water partition coefficient (Wildman–Crippen LogP) is 1.68. The second-order valence-corrected chi connectivity index (χ2v) is 2.83. The first-order valence-electron chi connectivity index (χ1n) is 3.43. The summed E-state index contributed by atoms with van der Waals surface area (Å²) in [6.07, 6.45) is 0.817. The first kappa shape index (κ1) is 9.22. The van der Waals surface area contributed by atoms with E-state index >= 15 is 0 Å². The third-order valence-corrected chi connectivity index (χ3v) is 2.19. The van der Waals surface area contributed by atoms with Crippen molar-refractivity contribution in [1.29, 1.82) is 0 Å². The SMILES string of the molecule is NNc1cccc(C=O)c1CBr. The molecule has 3 nitrogen and oxygen atoms in total. The highest BCUT2D eigenvalue weighted by Gasteiger charge is 2.04. The van der Waals surface area contributed by atoms with Gasteiger partial charge in [-0.3, -0.25) is 10.6 Å². The molecule has 64 valence electrons. The molecule has 12 heavy (non-hydrogen) atoms. The van der Waals surface area contributed by atoms with E-state index in [9.17, 15) is 4.79 Å². The smallest absolute Gasteiger partial charge is 0.150 e. The van der Waals surface area contributed by atoms with Crippen molar-refractivity contribution in [3.8, 4) is 0 Å². The van der Waals surface area contributed by atoms with Gasteiger partial charge in [0.1, 0.15) is 6.29 Å². The van der Waals surface area contributed by atoms with Gasteiger partial charge in [-0.05, 0) is 11.6 Å². The molecule has 0 bridgehead atoms. The number of nitrogens with one attached hydrogen (secondary N) is 1. The van der Waals surface area contributed by atoms with E-state index in [-0.39, 0.29) is 0 Å². The van der Waals surface area contributed by atoms with Gasteiger partial charge in [-0.1, -0.05) is 28.1 Å². The summed E-state index contributed by atoms with van der Waals surface area (Å²) in [6, 6.07) is 5.36. The highest BCUT2D eigenvalue weighted by atomic mass is 79.9. The molecule has 0 unspecified atom stereocenters. The number of rotatable bonds is 3. The van der Waals surface area contributed by atoms with E-state index in [0.29, 0.717) is 10.9 Å². The largest absolute Gasteiger partial charge is 0.324 e. The van der Waals surface area contributed by atoms with Gasteiger partial charge in [0.2, 0.25) is 0 Å². The minimum Gasteiger partial charge on any atom is -0.324 e. The molecule has 3 N–H and O–H groups in total. The molecule has 0 aliphatic carbocycles. The number of hydrogen-bond acceptors (Lipinski definition) is 3. The highest BCUT2D eigenvalue weighted by Crippen LogP contribution is 2.20. The Kier molecular flexibility index (Phi) is 3.25. The fourth-order valence-corrected chi connectivity index (χ4v) is 1.63.